The molecule has 5 nitrogen and oxygen atoms in total. The van der Waals surface area contributed by atoms with Gasteiger partial charge < -0.3 is 10.6 Å². The molecule has 0 aliphatic carbocycles. The Kier molecular flexibility index (Phi) is 4.96. The van der Waals surface area contributed by atoms with Crippen LogP contribution in [0.4, 0.5) is 0 Å². The van der Waals surface area contributed by atoms with Crippen LogP contribution in [0.1, 0.15) is 32.6 Å². The number of rotatable bonds is 6. The van der Waals surface area contributed by atoms with E-state index in [0.29, 0.717) is 12.3 Å². The number of likely N-dealkylation sites (tertiary alicyclic amines) is 1. The van der Waals surface area contributed by atoms with Crippen molar-refractivity contribution in [2.75, 3.05) is 13.1 Å². The molecule has 2 atom stereocenters. The lowest BCUT2D eigenvalue weighted by atomic mass is 9.99. The lowest BCUT2D eigenvalue weighted by Gasteiger charge is -2.16. The number of hydrogen-bond donors (Lipinski definition) is 1. The van der Waals surface area contributed by atoms with Crippen LogP contribution in [0.5, 0.6) is 0 Å². The first-order chi connectivity index (χ1) is 9.20. The first-order valence-corrected chi connectivity index (χ1v) is 7.21. The topological polar surface area (TPSA) is 64.2 Å². The van der Waals surface area contributed by atoms with Crippen LogP contribution in [0.3, 0.4) is 0 Å². The maximum Gasteiger partial charge on any atom is 0.222 e. The SMILES string of the molecule is CCC[C@H]1CN(C(=O)CCCn2cccn2)C[C@@H]1N. The maximum atomic E-state index is 12.1. The largest absolute Gasteiger partial charge is 0.341 e. The van der Waals surface area contributed by atoms with Crippen molar-refractivity contribution in [2.24, 2.45) is 11.7 Å². The number of aromatic nitrogens is 2. The zero-order valence-corrected chi connectivity index (χ0v) is 11.7. The summed E-state index contributed by atoms with van der Waals surface area (Å²) in [6.45, 7) is 4.54. The van der Waals surface area contributed by atoms with Gasteiger partial charge in [0.2, 0.25) is 5.91 Å². The summed E-state index contributed by atoms with van der Waals surface area (Å²) in [4.78, 5) is 14.0. The van der Waals surface area contributed by atoms with Crippen molar-refractivity contribution in [2.45, 2.75) is 45.2 Å². The molecule has 106 valence electrons. The van der Waals surface area contributed by atoms with Crippen LogP contribution in [0.15, 0.2) is 18.5 Å². The first kappa shape index (κ1) is 14.1. The third-order valence-corrected chi connectivity index (χ3v) is 3.84. The molecule has 0 aromatic carbocycles. The van der Waals surface area contributed by atoms with E-state index in [1.54, 1.807) is 6.20 Å². The van der Waals surface area contributed by atoms with E-state index in [1.165, 1.54) is 0 Å². The van der Waals surface area contributed by atoms with Crippen LogP contribution in [-0.2, 0) is 11.3 Å². The van der Waals surface area contributed by atoms with Crippen molar-refractivity contribution in [1.82, 2.24) is 14.7 Å². The Morgan fingerprint density at radius 1 is 1.47 bits per heavy atom. The lowest BCUT2D eigenvalue weighted by molar-refractivity contribution is -0.130. The van der Waals surface area contributed by atoms with E-state index in [4.69, 9.17) is 5.73 Å². The summed E-state index contributed by atoms with van der Waals surface area (Å²) in [5, 5.41) is 4.13. The summed E-state index contributed by atoms with van der Waals surface area (Å²) in [5.41, 5.74) is 6.09. The quantitative estimate of drug-likeness (QED) is 0.841. The van der Waals surface area contributed by atoms with Gasteiger partial charge in [0.05, 0.1) is 0 Å². The fourth-order valence-electron chi connectivity index (χ4n) is 2.76. The maximum absolute atomic E-state index is 12.1. The van der Waals surface area contributed by atoms with Crippen LogP contribution >= 0.6 is 0 Å². The number of amides is 1. The van der Waals surface area contributed by atoms with Gasteiger partial charge in [-0.1, -0.05) is 13.3 Å². The monoisotopic (exact) mass is 264 g/mol. The number of aryl methyl sites for hydroxylation is 1. The van der Waals surface area contributed by atoms with E-state index in [1.807, 2.05) is 21.8 Å². The minimum absolute atomic E-state index is 0.162. The van der Waals surface area contributed by atoms with Gasteiger partial charge in [-0.2, -0.15) is 5.10 Å². The fraction of sp³-hybridized carbons (Fsp3) is 0.714. The Hall–Kier alpha value is -1.36. The van der Waals surface area contributed by atoms with Gasteiger partial charge >= 0.3 is 0 Å². The van der Waals surface area contributed by atoms with Gasteiger partial charge in [-0.05, 0) is 24.8 Å². The highest BCUT2D eigenvalue weighted by Gasteiger charge is 2.31. The van der Waals surface area contributed by atoms with Gasteiger partial charge in [-0.25, -0.2) is 0 Å². The number of carbonyl (C=O) groups is 1. The molecule has 0 radical (unpaired) electrons. The molecule has 0 unspecified atom stereocenters. The molecule has 19 heavy (non-hydrogen) atoms. The Bertz CT molecular complexity index is 390. The molecule has 1 aromatic heterocycles. The molecule has 2 N–H and O–H groups in total. The molecule has 1 saturated heterocycles. The summed E-state index contributed by atoms with van der Waals surface area (Å²) in [5.74, 6) is 0.723. The van der Waals surface area contributed by atoms with Crippen molar-refractivity contribution < 1.29 is 4.79 Å². The second-order valence-electron chi connectivity index (χ2n) is 5.38. The van der Waals surface area contributed by atoms with Crippen molar-refractivity contribution in [3.8, 4) is 0 Å². The second kappa shape index (κ2) is 6.70. The summed E-state index contributed by atoms with van der Waals surface area (Å²) in [7, 11) is 0. The number of carbonyl (C=O) groups excluding carboxylic acids is 1. The summed E-state index contributed by atoms with van der Waals surface area (Å²) in [6, 6.07) is 2.06. The Morgan fingerprint density at radius 3 is 3.00 bits per heavy atom. The molecular formula is C14H24N4O. The van der Waals surface area contributed by atoms with Gasteiger partial charge in [-0.3, -0.25) is 9.48 Å². The average Bonchev–Trinajstić information content (AvgIpc) is 3.01. The second-order valence-corrected chi connectivity index (χ2v) is 5.38. The summed E-state index contributed by atoms with van der Waals surface area (Å²) in [6.07, 6.45) is 7.37. The van der Waals surface area contributed by atoms with E-state index in [0.717, 1.165) is 38.9 Å². The van der Waals surface area contributed by atoms with Crippen LogP contribution in [0.2, 0.25) is 0 Å². The molecule has 0 spiro atoms. The smallest absolute Gasteiger partial charge is 0.222 e. The van der Waals surface area contributed by atoms with Crippen molar-refractivity contribution in [1.29, 1.82) is 0 Å². The van der Waals surface area contributed by atoms with Crippen LogP contribution in [-0.4, -0.2) is 39.7 Å². The first-order valence-electron chi connectivity index (χ1n) is 7.21. The zero-order valence-electron chi connectivity index (χ0n) is 11.7. The highest BCUT2D eigenvalue weighted by molar-refractivity contribution is 5.76. The molecule has 1 aliphatic heterocycles. The fourth-order valence-corrected chi connectivity index (χ4v) is 2.76. The molecule has 1 aromatic rings. The number of hydrogen-bond acceptors (Lipinski definition) is 3. The lowest BCUT2D eigenvalue weighted by Crippen LogP contribution is -2.32. The van der Waals surface area contributed by atoms with Crippen molar-refractivity contribution in [3.05, 3.63) is 18.5 Å². The van der Waals surface area contributed by atoms with E-state index >= 15 is 0 Å². The normalized spacial score (nSPS) is 22.9. The van der Waals surface area contributed by atoms with Crippen molar-refractivity contribution in [3.63, 3.8) is 0 Å². The average molecular weight is 264 g/mol. The predicted octanol–water partition coefficient (Wildman–Crippen LogP) is 1.25. The van der Waals surface area contributed by atoms with Crippen LogP contribution < -0.4 is 5.73 Å². The van der Waals surface area contributed by atoms with Crippen LogP contribution in [0, 0.1) is 5.92 Å². The Labute approximate surface area is 114 Å². The van der Waals surface area contributed by atoms with Gasteiger partial charge in [0.15, 0.2) is 0 Å². The molecule has 0 saturated carbocycles. The summed E-state index contributed by atoms with van der Waals surface area (Å²) >= 11 is 0. The van der Waals surface area contributed by atoms with Crippen molar-refractivity contribution >= 4 is 5.91 Å². The third-order valence-electron chi connectivity index (χ3n) is 3.84. The third kappa shape index (κ3) is 3.80. The highest BCUT2D eigenvalue weighted by atomic mass is 16.2. The van der Waals surface area contributed by atoms with Gasteiger partial charge in [0, 0.05) is 44.5 Å². The molecule has 2 rings (SSSR count). The van der Waals surface area contributed by atoms with E-state index in [2.05, 4.69) is 12.0 Å². The minimum atomic E-state index is 0.162. The standard InChI is InChI=1S/C14H24N4O/c1-2-5-12-10-17(11-13(12)15)14(19)6-3-8-18-9-4-7-16-18/h4,7,9,12-13H,2-3,5-6,8,10-11,15H2,1H3/t12-,13-/m0/s1. The molecule has 1 aliphatic rings. The Balaban J connectivity index is 1.72. The van der Waals surface area contributed by atoms with Gasteiger partial charge in [-0.15, -0.1) is 0 Å². The van der Waals surface area contributed by atoms with Gasteiger partial charge in [0.25, 0.3) is 0 Å². The van der Waals surface area contributed by atoms with Crippen LogP contribution in [0.25, 0.3) is 0 Å². The minimum Gasteiger partial charge on any atom is -0.341 e. The highest BCUT2D eigenvalue weighted by Crippen LogP contribution is 2.21. The van der Waals surface area contributed by atoms with E-state index in [9.17, 15) is 4.79 Å². The summed E-state index contributed by atoms with van der Waals surface area (Å²) < 4.78 is 1.86. The molecule has 1 fully saturated rings. The zero-order chi connectivity index (χ0) is 13.7. The molecule has 1 amide bonds. The number of nitrogens with zero attached hydrogens (tertiary/aromatic N) is 3. The predicted molar refractivity (Wildman–Crippen MR) is 74.4 cm³/mol. The number of nitrogens with two attached hydrogens (primary N) is 1. The van der Waals surface area contributed by atoms with Gasteiger partial charge in [0.1, 0.15) is 0 Å². The Morgan fingerprint density at radius 2 is 2.32 bits per heavy atom. The van der Waals surface area contributed by atoms with E-state index in [-0.39, 0.29) is 11.9 Å². The molecular weight excluding hydrogens is 240 g/mol. The van der Waals surface area contributed by atoms with E-state index < -0.39 is 0 Å². The molecule has 5 heteroatoms. The molecule has 2 heterocycles. The molecule has 0 bridgehead atoms.